The quantitative estimate of drug-likeness (QED) is 0.913. The topological polar surface area (TPSA) is 35.8 Å². The van der Waals surface area contributed by atoms with Crippen molar-refractivity contribution >= 4 is 17.0 Å². The lowest BCUT2D eigenvalue weighted by molar-refractivity contribution is -0.137. The number of thiophene rings is 1. The number of benzene rings is 1. The summed E-state index contributed by atoms with van der Waals surface area (Å²) in [6, 6.07) is 8.64. The van der Waals surface area contributed by atoms with Crippen LogP contribution in [-0.4, -0.2) is 0 Å². The van der Waals surface area contributed by atoms with Gasteiger partial charge in [0.25, 0.3) is 0 Å². The third kappa shape index (κ3) is 3.48. The smallest absolute Gasteiger partial charge is 0.380 e. The maximum Gasteiger partial charge on any atom is 0.416 e. The summed E-state index contributed by atoms with van der Waals surface area (Å²) in [6.07, 6.45) is -4.31. The molecule has 1 heterocycles. The second-order valence-corrected chi connectivity index (χ2v) is 4.84. The molecule has 0 fully saturated rings. The molecule has 2 rings (SSSR count). The highest BCUT2D eigenvalue weighted by molar-refractivity contribution is 7.10. The number of hydrogen-bond donors (Lipinski definition) is 1. The molecule has 0 atom stereocenters. The first-order valence-electron chi connectivity index (χ1n) is 5.37. The van der Waals surface area contributed by atoms with Crippen molar-refractivity contribution < 1.29 is 13.2 Å². The van der Waals surface area contributed by atoms with Gasteiger partial charge >= 0.3 is 6.18 Å². The van der Waals surface area contributed by atoms with Crippen molar-refractivity contribution in [3.05, 3.63) is 51.7 Å². The molecular formula is C13H9F3N2S. The monoisotopic (exact) mass is 282 g/mol. The first-order chi connectivity index (χ1) is 8.99. The molecule has 1 aromatic carbocycles. The highest BCUT2D eigenvalue weighted by Gasteiger charge is 2.29. The van der Waals surface area contributed by atoms with Crippen LogP contribution < -0.4 is 5.32 Å². The van der Waals surface area contributed by atoms with Crippen LogP contribution in [0.4, 0.5) is 18.9 Å². The first-order valence-corrected chi connectivity index (χ1v) is 6.25. The lowest BCUT2D eigenvalue weighted by atomic mass is 10.2. The summed E-state index contributed by atoms with van der Waals surface area (Å²) in [5, 5.41) is 13.4. The lowest BCUT2D eigenvalue weighted by Gasteiger charge is -2.08. The lowest BCUT2D eigenvalue weighted by Crippen LogP contribution is -2.05. The second kappa shape index (κ2) is 5.33. The van der Waals surface area contributed by atoms with Crippen LogP contribution in [0.25, 0.3) is 0 Å². The summed E-state index contributed by atoms with van der Waals surface area (Å²) in [7, 11) is 0. The zero-order valence-corrected chi connectivity index (χ0v) is 10.5. The highest BCUT2D eigenvalue weighted by atomic mass is 32.1. The molecule has 0 saturated heterocycles. The maximum atomic E-state index is 12.4. The largest absolute Gasteiger partial charge is 0.416 e. The minimum atomic E-state index is -4.31. The van der Waals surface area contributed by atoms with Crippen LogP contribution >= 0.6 is 11.3 Å². The SMILES string of the molecule is N#Cc1csc(CNc2ccc(C(F)(F)F)cc2)c1. The fourth-order valence-electron chi connectivity index (χ4n) is 1.50. The Balaban J connectivity index is 1.99. The molecule has 0 aliphatic heterocycles. The van der Waals surface area contributed by atoms with E-state index in [0.717, 1.165) is 17.0 Å². The molecule has 1 N–H and O–H groups in total. The predicted molar refractivity (Wildman–Crippen MR) is 67.8 cm³/mol. The molecule has 2 nitrogen and oxygen atoms in total. The maximum absolute atomic E-state index is 12.4. The molecule has 0 aliphatic carbocycles. The van der Waals surface area contributed by atoms with Gasteiger partial charge in [0, 0.05) is 22.5 Å². The van der Waals surface area contributed by atoms with Crippen molar-refractivity contribution in [2.45, 2.75) is 12.7 Å². The van der Waals surface area contributed by atoms with E-state index in [1.807, 2.05) is 6.07 Å². The van der Waals surface area contributed by atoms with E-state index in [-0.39, 0.29) is 0 Å². The molecule has 0 saturated carbocycles. The van der Waals surface area contributed by atoms with Crippen molar-refractivity contribution in [3.8, 4) is 6.07 Å². The van der Waals surface area contributed by atoms with Crippen LogP contribution in [0.5, 0.6) is 0 Å². The number of nitriles is 1. The molecule has 0 bridgehead atoms. The van der Waals surface area contributed by atoms with E-state index in [4.69, 9.17) is 5.26 Å². The Labute approximate surface area is 112 Å². The normalized spacial score (nSPS) is 11.1. The molecule has 98 valence electrons. The van der Waals surface area contributed by atoms with Gasteiger partial charge in [-0.25, -0.2) is 0 Å². The van der Waals surface area contributed by atoms with E-state index < -0.39 is 11.7 Å². The van der Waals surface area contributed by atoms with E-state index >= 15 is 0 Å². The Morgan fingerprint density at radius 2 is 1.89 bits per heavy atom. The molecule has 0 spiro atoms. The van der Waals surface area contributed by atoms with Crippen molar-refractivity contribution in [3.63, 3.8) is 0 Å². The van der Waals surface area contributed by atoms with Gasteiger partial charge in [0.15, 0.2) is 0 Å². The number of alkyl halides is 3. The molecule has 0 unspecified atom stereocenters. The third-order valence-corrected chi connectivity index (χ3v) is 3.40. The van der Waals surface area contributed by atoms with Gasteiger partial charge in [0.05, 0.1) is 11.1 Å². The Hall–Kier alpha value is -2.00. The minimum Gasteiger partial charge on any atom is -0.380 e. The standard InChI is InChI=1S/C13H9F3N2S/c14-13(15,16)10-1-3-11(4-2-10)18-7-12-5-9(6-17)8-19-12/h1-5,8,18H,7H2. The van der Waals surface area contributed by atoms with Gasteiger partial charge in [-0.2, -0.15) is 18.4 Å². The minimum absolute atomic E-state index is 0.484. The van der Waals surface area contributed by atoms with Gasteiger partial charge in [-0.05, 0) is 30.3 Å². The van der Waals surface area contributed by atoms with Gasteiger partial charge in [-0.15, -0.1) is 11.3 Å². The van der Waals surface area contributed by atoms with E-state index in [1.54, 1.807) is 11.4 Å². The van der Waals surface area contributed by atoms with E-state index in [2.05, 4.69) is 5.32 Å². The van der Waals surface area contributed by atoms with Gasteiger partial charge in [-0.3, -0.25) is 0 Å². The molecule has 0 amide bonds. The number of hydrogen-bond acceptors (Lipinski definition) is 3. The molecule has 6 heteroatoms. The fourth-order valence-corrected chi connectivity index (χ4v) is 2.25. The van der Waals surface area contributed by atoms with E-state index in [9.17, 15) is 13.2 Å². The highest BCUT2D eigenvalue weighted by Crippen LogP contribution is 2.29. The Kier molecular flexibility index (Phi) is 3.76. The van der Waals surface area contributed by atoms with Crippen molar-refractivity contribution in [2.75, 3.05) is 5.32 Å². The van der Waals surface area contributed by atoms with Crippen LogP contribution in [0.1, 0.15) is 16.0 Å². The number of halogens is 3. The van der Waals surface area contributed by atoms with E-state index in [0.29, 0.717) is 17.8 Å². The van der Waals surface area contributed by atoms with Gasteiger partial charge in [0.1, 0.15) is 6.07 Å². The van der Waals surface area contributed by atoms with Gasteiger partial charge < -0.3 is 5.32 Å². The number of anilines is 1. The summed E-state index contributed by atoms with van der Waals surface area (Å²) in [6.45, 7) is 0.484. The van der Waals surface area contributed by atoms with Crippen LogP contribution in [0.3, 0.4) is 0 Å². The zero-order valence-electron chi connectivity index (χ0n) is 9.66. The fraction of sp³-hybridized carbons (Fsp3) is 0.154. The van der Waals surface area contributed by atoms with Crippen LogP contribution in [0.15, 0.2) is 35.7 Å². The Morgan fingerprint density at radius 3 is 2.42 bits per heavy atom. The summed E-state index contributed by atoms with van der Waals surface area (Å²) >= 11 is 1.44. The Morgan fingerprint density at radius 1 is 1.21 bits per heavy atom. The molecular weight excluding hydrogens is 273 g/mol. The van der Waals surface area contributed by atoms with Crippen molar-refractivity contribution in [2.24, 2.45) is 0 Å². The van der Waals surface area contributed by atoms with Crippen LogP contribution in [0, 0.1) is 11.3 Å². The summed E-state index contributed by atoms with van der Waals surface area (Å²) in [5.74, 6) is 0. The van der Waals surface area contributed by atoms with E-state index in [1.165, 1.54) is 23.5 Å². The third-order valence-electron chi connectivity index (χ3n) is 2.46. The molecule has 0 radical (unpaired) electrons. The van der Waals surface area contributed by atoms with Crippen LogP contribution in [0.2, 0.25) is 0 Å². The second-order valence-electron chi connectivity index (χ2n) is 3.84. The Bertz CT molecular complexity index is 594. The number of rotatable bonds is 3. The summed E-state index contributed by atoms with van der Waals surface area (Å²) < 4.78 is 37.1. The molecule has 1 aromatic heterocycles. The van der Waals surface area contributed by atoms with Gasteiger partial charge in [-0.1, -0.05) is 0 Å². The van der Waals surface area contributed by atoms with Crippen molar-refractivity contribution in [1.82, 2.24) is 0 Å². The predicted octanol–water partition coefficient (Wildman–Crippen LogP) is 4.25. The zero-order chi connectivity index (χ0) is 13.9. The summed E-state index contributed by atoms with van der Waals surface area (Å²) in [4.78, 5) is 0.955. The van der Waals surface area contributed by atoms with Crippen molar-refractivity contribution in [1.29, 1.82) is 5.26 Å². The molecule has 19 heavy (non-hydrogen) atoms. The average Bonchev–Trinajstić information content (AvgIpc) is 2.84. The molecule has 0 aliphatic rings. The van der Waals surface area contributed by atoms with Gasteiger partial charge in [0.2, 0.25) is 0 Å². The number of nitrogens with one attached hydrogen (secondary N) is 1. The summed E-state index contributed by atoms with van der Waals surface area (Å²) in [5.41, 5.74) is 0.537. The van der Waals surface area contributed by atoms with Crippen LogP contribution in [-0.2, 0) is 12.7 Å². The average molecular weight is 282 g/mol. The molecule has 2 aromatic rings. The first kappa shape index (κ1) is 13.4. The number of nitrogens with zero attached hydrogens (tertiary/aromatic N) is 1.